The number of hydrogen-bond donors (Lipinski definition) is 0. The second-order valence-electron chi connectivity index (χ2n) is 8.04. The Balaban J connectivity index is 1.53. The standard InChI is InChI=1S/C25H23FN2O2/c26-21-8-3-9-22(30-28-15-4-10-23(28)29)24(21)25(13-5-14-27-25)17-18-11-12-19-6-1-2-7-20(19)16-18/h1-3,5-9,13-14,16H,4,10-12,15,17H2. The summed E-state index contributed by atoms with van der Waals surface area (Å²) in [6.07, 6.45) is 11.4. The van der Waals surface area contributed by atoms with Gasteiger partial charge in [-0.2, -0.15) is 5.06 Å². The lowest BCUT2D eigenvalue weighted by molar-refractivity contribution is -0.150. The first-order chi connectivity index (χ1) is 14.6. The second kappa shape index (κ2) is 7.56. The fourth-order valence-electron chi connectivity index (χ4n) is 4.58. The predicted octanol–water partition coefficient (Wildman–Crippen LogP) is 5.00. The van der Waals surface area contributed by atoms with E-state index in [0.717, 1.165) is 19.3 Å². The van der Waals surface area contributed by atoms with E-state index in [-0.39, 0.29) is 11.7 Å². The van der Waals surface area contributed by atoms with Crippen molar-refractivity contribution >= 4 is 18.2 Å². The Kier molecular flexibility index (Phi) is 4.74. The van der Waals surface area contributed by atoms with Crippen LogP contribution in [0.4, 0.5) is 4.39 Å². The van der Waals surface area contributed by atoms with E-state index < -0.39 is 5.54 Å². The normalized spacial score (nSPS) is 22.4. The van der Waals surface area contributed by atoms with E-state index in [9.17, 15) is 4.79 Å². The lowest BCUT2D eigenvalue weighted by Gasteiger charge is -2.30. The van der Waals surface area contributed by atoms with Crippen LogP contribution in [0.25, 0.3) is 6.08 Å². The maximum atomic E-state index is 15.2. The number of benzene rings is 2. The molecular weight excluding hydrogens is 379 g/mol. The van der Waals surface area contributed by atoms with Crippen LogP contribution in [0.3, 0.4) is 0 Å². The summed E-state index contributed by atoms with van der Waals surface area (Å²) in [4.78, 5) is 22.7. The van der Waals surface area contributed by atoms with Gasteiger partial charge in [0.05, 0.1) is 12.1 Å². The molecule has 1 atom stereocenters. The van der Waals surface area contributed by atoms with Gasteiger partial charge in [-0.25, -0.2) is 4.39 Å². The smallest absolute Gasteiger partial charge is 0.255 e. The quantitative estimate of drug-likeness (QED) is 0.706. The largest absolute Gasteiger partial charge is 0.376 e. The number of rotatable bonds is 5. The van der Waals surface area contributed by atoms with Gasteiger partial charge in [-0.15, -0.1) is 0 Å². The van der Waals surface area contributed by atoms with Gasteiger partial charge in [0.15, 0.2) is 5.75 Å². The Morgan fingerprint density at radius 2 is 2.00 bits per heavy atom. The van der Waals surface area contributed by atoms with Crippen LogP contribution in [0.1, 0.15) is 42.4 Å². The number of fused-ring (bicyclic) bond motifs is 1. The van der Waals surface area contributed by atoms with Crippen LogP contribution in [0.15, 0.2) is 65.2 Å². The fraction of sp³-hybridized carbons (Fsp3) is 0.280. The minimum absolute atomic E-state index is 0.0728. The average Bonchev–Trinajstić information content (AvgIpc) is 3.38. The molecule has 1 aliphatic carbocycles. The number of halogens is 1. The molecule has 1 amide bonds. The SMILES string of the molecule is O=C1CCCN1Oc1cccc(F)c1C1(CC2=Cc3ccccc3CC2)C=CC=N1. The van der Waals surface area contributed by atoms with Crippen molar-refractivity contribution in [2.75, 3.05) is 6.54 Å². The number of amides is 1. The number of carbonyl (C=O) groups excluding carboxylic acids is 1. The van der Waals surface area contributed by atoms with Crippen molar-refractivity contribution in [3.8, 4) is 5.75 Å². The van der Waals surface area contributed by atoms with Gasteiger partial charge in [-0.1, -0.05) is 48.1 Å². The molecule has 5 rings (SSSR count). The van der Waals surface area contributed by atoms with Crippen molar-refractivity contribution in [3.63, 3.8) is 0 Å². The van der Waals surface area contributed by atoms with Crippen LogP contribution >= 0.6 is 0 Å². The van der Waals surface area contributed by atoms with E-state index in [1.165, 1.54) is 27.8 Å². The maximum Gasteiger partial charge on any atom is 0.255 e. The van der Waals surface area contributed by atoms with Crippen LogP contribution in [0.2, 0.25) is 0 Å². The van der Waals surface area contributed by atoms with E-state index in [0.29, 0.717) is 30.7 Å². The molecule has 2 heterocycles. The molecule has 1 unspecified atom stereocenters. The Morgan fingerprint density at radius 3 is 2.80 bits per heavy atom. The molecule has 1 saturated heterocycles. The van der Waals surface area contributed by atoms with Crippen LogP contribution < -0.4 is 4.84 Å². The highest BCUT2D eigenvalue weighted by Crippen LogP contribution is 2.44. The summed E-state index contributed by atoms with van der Waals surface area (Å²) in [5, 5.41) is 1.34. The van der Waals surface area contributed by atoms with Crippen molar-refractivity contribution in [2.24, 2.45) is 4.99 Å². The zero-order chi connectivity index (χ0) is 20.6. The maximum absolute atomic E-state index is 15.2. The van der Waals surface area contributed by atoms with Gasteiger partial charge in [-0.3, -0.25) is 9.79 Å². The molecule has 0 saturated carbocycles. The minimum Gasteiger partial charge on any atom is -0.376 e. The van der Waals surface area contributed by atoms with Crippen LogP contribution in [-0.4, -0.2) is 23.7 Å². The molecule has 3 aliphatic rings. The molecule has 4 nitrogen and oxygen atoms in total. The first kappa shape index (κ1) is 18.8. The highest BCUT2D eigenvalue weighted by molar-refractivity contribution is 5.78. The highest BCUT2D eigenvalue weighted by Gasteiger charge is 2.38. The zero-order valence-electron chi connectivity index (χ0n) is 16.7. The molecule has 2 aliphatic heterocycles. The van der Waals surface area contributed by atoms with Crippen LogP contribution in [0, 0.1) is 5.82 Å². The number of carbonyl (C=O) groups is 1. The third-order valence-corrected chi connectivity index (χ3v) is 6.04. The zero-order valence-corrected chi connectivity index (χ0v) is 16.7. The lowest BCUT2D eigenvalue weighted by atomic mass is 9.80. The summed E-state index contributed by atoms with van der Waals surface area (Å²) in [7, 11) is 0. The molecule has 0 radical (unpaired) electrons. The number of allylic oxidation sites excluding steroid dienone is 1. The van der Waals surface area contributed by atoms with Gasteiger partial charge in [0.25, 0.3) is 5.91 Å². The summed E-state index contributed by atoms with van der Waals surface area (Å²) in [6.45, 7) is 0.517. The summed E-state index contributed by atoms with van der Waals surface area (Å²) in [6, 6.07) is 13.1. The molecule has 0 N–H and O–H groups in total. The van der Waals surface area contributed by atoms with E-state index in [1.54, 1.807) is 18.3 Å². The number of hydrogen-bond acceptors (Lipinski definition) is 3. The first-order valence-electron chi connectivity index (χ1n) is 10.4. The molecule has 0 aromatic heterocycles. The van der Waals surface area contributed by atoms with Gasteiger partial charge >= 0.3 is 0 Å². The molecule has 1 fully saturated rings. The molecule has 2 aromatic carbocycles. The average molecular weight is 402 g/mol. The van der Waals surface area contributed by atoms with Gasteiger partial charge in [0.2, 0.25) is 0 Å². The van der Waals surface area contributed by atoms with Crippen molar-refractivity contribution in [1.82, 2.24) is 5.06 Å². The topological polar surface area (TPSA) is 41.9 Å². The summed E-state index contributed by atoms with van der Waals surface area (Å²) < 4.78 is 15.2. The third-order valence-electron chi connectivity index (χ3n) is 6.04. The molecule has 152 valence electrons. The highest BCUT2D eigenvalue weighted by atomic mass is 19.1. The molecule has 2 aromatic rings. The van der Waals surface area contributed by atoms with E-state index >= 15 is 4.39 Å². The van der Waals surface area contributed by atoms with Gasteiger partial charge in [0.1, 0.15) is 11.4 Å². The Bertz CT molecular complexity index is 1070. The molecule has 5 heteroatoms. The second-order valence-corrected chi connectivity index (χ2v) is 8.04. The molecule has 30 heavy (non-hydrogen) atoms. The fourth-order valence-corrected chi connectivity index (χ4v) is 4.58. The van der Waals surface area contributed by atoms with E-state index in [1.807, 2.05) is 18.2 Å². The minimum atomic E-state index is -0.873. The van der Waals surface area contributed by atoms with Gasteiger partial charge in [-0.05, 0) is 48.6 Å². The van der Waals surface area contributed by atoms with Crippen molar-refractivity contribution in [1.29, 1.82) is 0 Å². The van der Waals surface area contributed by atoms with Crippen LogP contribution in [-0.2, 0) is 16.8 Å². The summed E-state index contributed by atoms with van der Waals surface area (Å²) in [5.41, 5.74) is 3.29. The Hall–Kier alpha value is -3.21. The number of hydroxylamine groups is 2. The monoisotopic (exact) mass is 402 g/mol. The molecule has 0 spiro atoms. The van der Waals surface area contributed by atoms with E-state index in [2.05, 4.69) is 24.3 Å². The number of aryl methyl sites for hydroxylation is 1. The lowest BCUT2D eigenvalue weighted by Crippen LogP contribution is -2.31. The van der Waals surface area contributed by atoms with Crippen molar-refractivity contribution in [2.45, 2.75) is 37.6 Å². The van der Waals surface area contributed by atoms with Crippen LogP contribution in [0.5, 0.6) is 5.75 Å². The Morgan fingerprint density at radius 1 is 1.10 bits per heavy atom. The van der Waals surface area contributed by atoms with E-state index in [4.69, 9.17) is 9.83 Å². The third kappa shape index (κ3) is 3.34. The predicted molar refractivity (Wildman–Crippen MR) is 115 cm³/mol. The van der Waals surface area contributed by atoms with Crippen molar-refractivity contribution in [3.05, 3.63) is 82.7 Å². The molecule has 0 bridgehead atoms. The first-order valence-corrected chi connectivity index (χ1v) is 10.4. The van der Waals surface area contributed by atoms with Crippen molar-refractivity contribution < 1.29 is 14.0 Å². The molecular formula is C25H23FN2O2. The number of aliphatic imine (C=N–C) groups is 1. The summed E-state index contributed by atoms with van der Waals surface area (Å²) >= 11 is 0. The Labute approximate surface area is 175 Å². The van der Waals surface area contributed by atoms with Gasteiger partial charge < -0.3 is 4.84 Å². The van der Waals surface area contributed by atoms with Gasteiger partial charge in [0, 0.05) is 19.1 Å². The number of nitrogens with zero attached hydrogens (tertiary/aromatic N) is 2. The summed E-state index contributed by atoms with van der Waals surface area (Å²) in [5.74, 6) is -0.0956.